The molecule has 1 atom stereocenters. The van der Waals surface area contributed by atoms with Gasteiger partial charge in [-0.05, 0) is 25.0 Å². The van der Waals surface area contributed by atoms with Gasteiger partial charge in [-0.1, -0.05) is 6.07 Å². The lowest BCUT2D eigenvalue weighted by atomic mass is 10.2. The zero-order valence-electron chi connectivity index (χ0n) is 12.9. The van der Waals surface area contributed by atoms with E-state index in [1.54, 1.807) is 0 Å². The van der Waals surface area contributed by atoms with Gasteiger partial charge in [0.25, 0.3) is 0 Å². The van der Waals surface area contributed by atoms with E-state index in [0.717, 1.165) is 30.9 Å². The predicted octanol–water partition coefficient (Wildman–Crippen LogP) is 1.21. The molecular weight excluding hydrogens is 298 g/mol. The summed E-state index contributed by atoms with van der Waals surface area (Å²) < 4.78 is 11.3. The fourth-order valence-corrected chi connectivity index (χ4v) is 2.64. The molecular formula is C16H21N3O4. The third kappa shape index (κ3) is 4.13. The molecule has 0 bridgehead atoms. The summed E-state index contributed by atoms with van der Waals surface area (Å²) in [5, 5.41) is 5.64. The van der Waals surface area contributed by atoms with Crippen molar-refractivity contribution in [2.75, 3.05) is 38.2 Å². The summed E-state index contributed by atoms with van der Waals surface area (Å²) in [5.41, 5.74) is 0.780. The molecule has 2 aliphatic rings. The molecule has 2 fully saturated rings. The van der Waals surface area contributed by atoms with Gasteiger partial charge in [0.15, 0.2) is 0 Å². The normalized spacial score (nSPS) is 20.4. The van der Waals surface area contributed by atoms with Crippen LogP contribution in [-0.2, 0) is 9.53 Å². The topological polar surface area (TPSA) is 79.9 Å². The molecule has 0 aromatic heterocycles. The molecule has 2 saturated heterocycles. The van der Waals surface area contributed by atoms with E-state index in [-0.39, 0.29) is 24.6 Å². The van der Waals surface area contributed by atoms with Gasteiger partial charge in [0.2, 0.25) is 5.91 Å². The zero-order valence-corrected chi connectivity index (χ0v) is 12.9. The first kappa shape index (κ1) is 15.6. The molecule has 1 unspecified atom stereocenters. The van der Waals surface area contributed by atoms with Crippen LogP contribution in [0.5, 0.6) is 5.75 Å². The van der Waals surface area contributed by atoms with E-state index < -0.39 is 0 Å². The predicted molar refractivity (Wildman–Crippen MR) is 84.5 cm³/mol. The number of amides is 3. The van der Waals surface area contributed by atoms with Crippen molar-refractivity contribution in [1.82, 2.24) is 10.2 Å². The Morgan fingerprint density at radius 1 is 1.48 bits per heavy atom. The van der Waals surface area contributed by atoms with E-state index in [1.165, 1.54) is 4.90 Å². The number of benzene rings is 1. The smallest absolute Gasteiger partial charge is 0.324 e. The number of hydrogen-bond donors (Lipinski definition) is 2. The van der Waals surface area contributed by atoms with Gasteiger partial charge in [-0.3, -0.25) is 9.69 Å². The maximum absolute atomic E-state index is 12.0. The minimum absolute atomic E-state index is 0.0720. The van der Waals surface area contributed by atoms with E-state index >= 15 is 0 Å². The molecule has 23 heavy (non-hydrogen) atoms. The minimum atomic E-state index is -0.328. The van der Waals surface area contributed by atoms with Crippen LogP contribution in [0.15, 0.2) is 24.3 Å². The number of imide groups is 1. The van der Waals surface area contributed by atoms with Crippen LogP contribution in [0.3, 0.4) is 0 Å². The van der Waals surface area contributed by atoms with E-state index in [0.29, 0.717) is 19.7 Å². The number of rotatable bonds is 6. The van der Waals surface area contributed by atoms with Crippen LogP contribution in [0.1, 0.15) is 12.8 Å². The van der Waals surface area contributed by atoms with Crippen LogP contribution in [0.25, 0.3) is 0 Å². The number of nitrogens with zero attached hydrogens (tertiary/aromatic N) is 1. The molecule has 1 aromatic carbocycles. The first-order chi connectivity index (χ1) is 11.2. The maximum atomic E-state index is 12.0. The van der Waals surface area contributed by atoms with Crippen LogP contribution in [0, 0.1) is 0 Å². The lowest BCUT2D eigenvalue weighted by Crippen LogP contribution is -2.37. The Balaban J connectivity index is 1.48. The van der Waals surface area contributed by atoms with Crippen LogP contribution >= 0.6 is 0 Å². The molecule has 2 aliphatic heterocycles. The summed E-state index contributed by atoms with van der Waals surface area (Å²) >= 11 is 0. The van der Waals surface area contributed by atoms with E-state index in [2.05, 4.69) is 10.6 Å². The highest BCUT2D eigenvalue weighted by Gasteiger charge is 2.25. The van der Waals surface area contributed by atoms with Crippen LogP contribution in [-0.4, -0.2) is 55.8 Å². The quantitative estimate of drug-likeness (QED) is 0.824. The van der Waals surface area contributed by atoms with E-state index in [1.807, 2.05) is 24.3 Å². The number of nitrogens with one attached hydrogen (secondary N) is 2. The summed E-state index contributed by atoms with van der Waals surface area (Å²) in [6.45, 7) is 2.35. The van der Waals surface area contributed by atoms with Gasteiger partial charge in [0, 0.05) is 31.5 Å². The number of ether oxygens (including phenoxy) is 2. The summed E-state index contributed by atoms with van der Waals surface area (Å²) in [5.74, 6) is 0.488. The Hall–Kier alpha value is -2.28. The van der Waals surface area contributed by atoms with Crippen LogP contribution in [0.2, 0.25) is 0 Å². The van der Waals surface area contributed by atoms with Crippen LogP contribution < -0.4 is 15.4 Å². The second kappa shape index (κ2) is 7.32. The van der Waals surface area contributed by atoms with Crippen molar-refractivity contribution in [1.29, 1.82) is 0 Å². The molecule has 0 spiro atoms. The van der Waals surface area contributed by atoms with Crippen molar-refractivity contribution in [2.45, 2.75) is 18.9 Å². The van der Waals surface area contributed by atoms with Crippen molar-refractivity contribution in [3.05, 3.63) is 24.3 Å². The second-order valence-corrected chi connectivity index (χ2v) is 5.60. The average Bonchev–Trinajstić information content (AvgIpc) is 3.22. The maximum Gasteiger partial charge on any atom is 0.324 e. The Bertz CT molecular complexity index is 572. The summed E-state index contributed by atoms with van der Waals surface area (Å²) in [6, 6.07) is 7.10. The largest absolute Gasteiger partial charge is 0.491 e. The first-order valence-corrected chi connectivity index (χ1v) is 7.89. The number of carbonyl (C=O) groups excluding carboxylic acids is 2. The molecule has 3 rings (SSSR count). The highest BCUT2D eigenvalue weighted by atomic mass is 16.5. The highest BCUT2D eigenvalue weighted by molar-refractivity contribution is 5.97. The molecule has 124 valence electrons. The molecule has 0 saturated carbocycles. The second-order valence-electron chi connectivity index (χ2n) is 5.60. The zero-order chi connectivity index (χ0) is 16.1. The SMILES string of the molecule is O=C(CNc1cccc(OCC2CCCO2)c1)N1CCNC1=O. The van der Waals surface area contributed by atoms with Gasteiger partial charge >= 0.3 is 6.03 Å². The van der Waals surface area contributed by atoms with Crippen molar-refractivity contribution >= 4 is 17.6 Å². The third-order valence-corrected chi connectivity index (χ3v) is 3.90. The molecule has 2 heterocycles. The molecule has 7 nitrogen and oxygen atoms in total. The fraction of sp³-hybridized carbons (Fsp3) is 0.500. The van der Waals surface area contributed by atoms with Crippen molar-refractivity contribution < 1.29 is 19.1 Å². The minimum Gasteiger partial charge on any atom is -0.491 e. The Kier molecular flexibility index (Phi) is 4.97. The summed E-state index contributed by atoms with van der Waals surface area (Å²) in [7, 11) is 0. The molecule has 0 radical (unpaired) electrons. The fourth-order valence-electron chi connectivity index (χ4n) is 2.64. The first-order valence-electron chi connectivity index (χ1n) is 7.89. The van der Waals surface area contributed by atoms with E-state index in [4.69, 9.17) is 9.47 Å². The van der Waals surface area contributed by atoms with Gasteiger partial charge in [0.05, 0.1) is 12.6 Å². The lowest BCUT2D eigenvalue weighted by molar-refractivity contribution is -0.125. The molecule has 0 aliphatic carbocycles. The lowest BCUT2D eigenvalue weighted by Gasteiger charge is -2.14. The number of urea groups is 1. The molecule has 7 heteroatoms. The molecule has 1 aromatic rings. The summed E-state index contributed by atoms with van der Waals surface area (Å²) in [6.07, 6.45) is 2.29. The van der Waals surface area contributed by atoms with E-state index in [9.17, 15) is 9.59 Å². The Morgan fingerprint density at radius 2 is 2.39 bits per heavy atom. The van der Waals surface area contributed by atoms with Crippen molar-refractivity contribution in [3.8, 4) is 5.75 Å². The number of carbonyl (C=O) groups is 2. The monoisotopic (exact) mass is 319 g/mol. The third-order valence-electron chi connectivity index (χ3n) is 3.90. The number of anilines is 1. The standard InChI is InChI=1S/C16H21N3O4/c20-15(19-7-6-17-16(19)21)10-18-12-3-1-4-13(9-12)23-11-14-5-2-8-22-14/h1,3-4,9,14,18H,2,5-8,10-11H2,(H,17,21). The van der Waals surface area contributed by atoms with Crippen LogP contribution in [0.4, 0.5) is 10.5 Å². The van der Waals surface area contributed by atoms with Gasteiger partial charge in [0.1, 0.15) is 12.4 Å². The molecule has 2 N–H and O–H groups in total. The Morgan fingerprint density at radius 3 is 3.13 bits per heavy atom. The number of hydrogen-bond acceptors (Lipinski definition) is 5. The Labute approximate surface area is 134 Å². The summed E-state index contributed by atoms with van der Waals surface area (Å²) in [4.78, 5) is 24.6. The van der Waals surface area contributed by atoms with Gasteiger partial charge in [-0.2, -0.15) is 0 Å². The van der Waals surface area contributed by atoms with Gasteiger partial charge in [-0.15, -0.1) is 0 Å². The van der Waals surface area contributed by atoms with Gasteiger partial charge < -0.3 is 20.1 Å². The van der Waals surface area contributed by atoms with Crippen molar-refractivity contribution in [2.24, 2.45) is 0 Å². The van der Waals surface area contributed by atoms with Gasteiger partial charge in [-0.25, -0.2) is 4.79 Å². The van der Waals surface area contributed by atoms with Crippen molar-refractivity contribution in [3.63, 3.8) is 0 Å². The average molecular weight is 319 g/mol. The highest BCUT2D eigenvalue weighted by Crippen LogP contribution is 2.19. The molecule has 3 amide bonds.